The molecule has 1 fully saturated rings. The third kappa shape index (κ3) is 3.14. The number of ether oxygens (including phenoxy) is 1. The number of aromatic amines is 1. The molecule has 3 N–H and O–H groups in total. The fourth-order valence-corrected chi connectivity index (χ4v) is 5.40. The van der Waals surface area contributed by atoms with Gasteiger partial charge in [-0.25, -0.2) is 0 Å². The SMILES string of the molecule is N#Cc1cc2c(cc1Br)CCC(c1n[nH]c3c1C(C1CCOCC1)NCC3)N2. The van der Waals surface area contributed by atoms with Gasteiger partial charge >= 0.3 is 0 Å². The number of anilines is 1. The van der Waals surface area contributed by atoms with E-state index in [1.165, 1.54) is 16.8 Å². The Morgan fingerprint density at radius 3 is 2.86 bits per heavy atom. The molecule has 1 aromatic heterocycles. The monoisotopic (exact) mass is 441 g/mol. The quantitative estimate of drug-likeness (QED) is 0.660. The number of hydrogen-bond acceptors (Lipinski definition) is 5. The maximum absolute atomic E-state index is 9.36. The zero-order chi connectivity index (χ0) is 19.1. The Balaban J connectivity index is 1.47. The van der Waals surface area contributed by atoms with Crippen molar-refractivity contribution in [1.82, 2.24) is 15.5 Å². The van der Waals surface area contributed by atoms with Crippen LogP contribution in [0.4, 0.5) is 5.69 Å². The largest absolute Gasteiger partial charge is 0.381 e. The molecule has 4 heterocycles. The molecule has 5 rings (SSSR count). The third-order valence-electron chi connectivity index (χ3n) is 6.38. The van der Waals surface area contributed by atoms with Gasteiger partial charge in [-0.3, -0.25) is 5.10 Å². The predicted octanol–water partition coefficient (Wildman–Crippen LogP) is 3.76. The van der Waals surface area contributed by atoms with Gasteiger partial charge in [0.1, 0.15) is 6.07 Å². The summed E-state index contributed by atoms with van der Waals surface area (Å²) in [6, 6.07) is 6.81. The number of nitrogens with one attached hydrogen (secondary N) is 3. The highest BCUT2D eigenvalue weighted by Crippen LogP contribution is 2.41. The molecule has 0 spiro atoms. The van der Waals surface area contributed by atoms with Crippen LogP contribution in [0.25, 0.3) is 0 Å². The predicted molar refractivity (Wildman–Crippen MR) is 110 cm³/mol. The van der Waals surface area contributed by atoms with E-state index < -0.39 is 0 Å². The number of aromatic nitrogens is 2. The van der Waals surface area contributed by atoms with Crippen molar-refractivity contribution < 1.29 is 4.74 Å². The van der Waals surface area contributed by atoms with Gasteiger partial charge in [-0.05, 0) is 65.2 Å². The van der Waals surface area contributed by atoms with Crippen LogP contribution in [0.5, 0.6) is 0 Å². The number of benzene rings is 1. The number of hydrogen-bond donors (Lipinski definition) is 3. The highest BCUT2D eigenvalue weighted by atomic mass is 79.9. The van der Waals surface area contributed by atoms with E-state index in [4.69, 9.17) is 9.84 Å². The van der Waals surface area contributed by atoms with Gasteiger partial charge in [0.05, 0.1) is 17.3 Å². The molecule has 1 saturated heterocycles. The van der Waals surface area contributed by atoms with Crippen LogP contribution in [0.3, 0.4) is 0 Å². The zero-order valence-electron chi connectivity index (χ0n) is 15.7. The summed E-state index contributed by atoms with van der Waals surface area (Å²) in [6.07, 6.45) is 5.18. The van der Waals surface area contributed by atoms with Gasteiger partial charge in [-0.2, -0.15) is 10.4 Å². The summed E-state index contributed by atoms with van der Waals surface area (Å²) in [6.45, 7) is 2.70. The van der Waals surface area contributed by atoms with E-state index in [2.05, 4.69) is 43.8 Å². The molecule has 6 nitrogen and oxygen atoms in total. The van der Waals surface area contributed by atoms with Gasteiger partial charge < -0.3 is 15.4 Å². The summed E-state index contributed by atoms with van der Waals surface area (Å²) in [5.74, 6) is 0.598. The van der Waals surface area contributed by atoms with Crippen molar-refractivity contribution in [1.29, 1.82) is 5.26 Å². The normalized spacial score (nSPS) is 24.7. The number of rotatable bonds is 2. The minimum Gasteiger partial charge on any atom is -0.381 e. The molecule has 0 aliphatic carbocycles. The standard InChI is InChI=1S/C21H24BrN5O/c22-15-9-13-1-2-17(25-18(13)10-14(15)11-23)21-19-16(26-27-21)3-6-24-20(19)12-4-7-28-8-5-12/h9-10,12,17,20,24-25H,1-8H2,(H,26,27). The minimum absolute atomic E-state index is 0.169. The maximum Gasteiger partial charge on any atom is 0.100 e. The van der Waals surface area contributed by atoms with Crippen LogP contribution in [0.1, 0.15) is 59.4 Å². The van der Waals surface area contributed by atoms with Crippen LogP contribution >= 0.6 is 15.9 Å². The Morgan fingerprint density at radius 1 is 1.18 bits per heavy atom. The molecule has 146 valence electrons. The zero-order valence-corrected chi connectivity index (χ0v) is 17.3. The molecule has 0 bridgehead atoms. The first-order chi connectivity index (χ1) is 13.7. The van der Waals surface area contributed by atoms with E-state index in [9.17, 15) is 5.26 Å². The Hall–Kier alpha value is -1.88. The van der Waals surface area contributed by atoms with E-state index >= 15 is 0 Å². The van der Waals surface area contributed by atoms with Gasteiger partial charge in [-0.15, -0.1) is 0 Å². The molecule has 0 saturated carbocycles. The Kier molecular flexibility index (Phi) is 4.87. The van der Waals surface area contributed by atoms with Crippen LogP contribution in [0.15, 0.2) is 16.6 Å². The molecule has 3 aliphatic heterocycles. The van der Waals surface area contributed by atoms with Crippen LogP contribution in [0.2, 0.25) is 0 Å². The summed E-state index contributed by atoms with van der Waals surface area (Å²) < 4.78 is 6.45. The van der Waals surface area contributed by atoms with E-state index in [1.54, 1.807) is 0 Å². The van der Waals surface area contributed by atoms with Crippen molar-refractivity contribution >= 4 is 21.6 Å². The van der Waals surface area contributed by atoms with Crippen molar-refractivity contribution in [3.05, 3.63) is 44.7 Å². The van der Waals surface area contributed by atoms with Crippen molar-refractivity contribution in [2.45, 2.75) is 44.2 Å². The first-order valence-electron chi connectivity index (χ1n) is 10.1. The molecule has 3 aliphatic rings. The van der Waals surface area contributed by atoms with Gasteiger partial charge in [0.25, 0.3) is 0 Å². The van der Waals surface area contributed by atoms with Gasteiger partial charge in [-0.1, -0.05) is 0 Å². The summed E-state index contributed by atoms with van der Waals surface area (Å²) in [4.78, 5) is 0. The first kappa shape index (κ1) is 18.2. The van der Waals surface area contributed by atoms with Gasteiger partial charge in [0, 0.05) is 53.6 Å². The third-order valence-corrected chi connectivity index (χ3v) is 7.03. The lowest BCUT2D eigenvalue weighted by Crippen LogP contribution is -2.38. The molecule has 0 amide bonds. The summed E-state index contributed by atoms with van der Waals surface area (Å²) in [5.41, 5.74) is 6.77. The molecular weight excluding hydrogens is 418 g/mol. The molecular formula is C21H24BrN5O. The molecule has 0 radical (unpaired) electrons. The lowest BCUT2D eigenvalue weighted by molar-refractivity contribution is 0.0526. The summed E-state index contributed by atoms with van der Waals surface area (Å²) in [7, 11) is 0. The van der Waals surface area contributed by atoms with Crippen molar-refractivity contribution in [3.8, 4) is 6.07 Å². The number of fused-ring (bicyclic) bond motifs is 2. The number of nitrogens with zero attached hydrogens (tertiary/aromatic N) is 2. The Labute approximate surface area is 173 Å². The van der Waals surface area contributed by atoms with E-state index in [0.717, 1.165) is 67.7 Å². The van der Waals surface area contributed by atoms with Crippen molar-refractivity contribution in [3.63, 3.8) is 0 Å². The number of H-pyrrole nitrogens is 1. The average molecular weight is 442 g/mol. The Morgan fingerprint density at radius 2 is 2.04 bits per heavy atom. The average Bonchev–Trinajstić information content (AvgIpc) is 3.18. The fourth-order valence-electron chi connectivity index (χ4n) is 4.92. The molecule has 2 atom stereocenters. The number of halogens is 1. The Bertz CT molecular complexity index is 928. The molecule has 7 heteroatoms. The van der Waals surface area contributed by atoms with Gasteiger partial charge in [0.2, 0.25) is 0 Å². The smallest absolute Gasteiger partial charge is 0.100 e. The fraction of sp³-hybridized carbons (Fsp3) is 0.524. The summed E-state index contributed by atoms with van der Waals surface area (Å²) >= 11 is 3.50. The van der Waals surface area contributed by atoms with E-state index in [1.807, 2.05) is 6.07 Å². The second-order valence-electron chi connectivity index (χ2n) is 7.97. The van der Waals surface area contributed by atoms with Gasteiger partial charge in [0.15, 0.2) is 0 Å². The molecule has 2 unspecified atom stereocenters. The van der Waals surface area contributed by atoms with Crippen molar-refractivity contribution in [2.24, 2.45) is 5.92 Å². The molecule has 2 aromatic rings. The second kappa shape index (κ2) is 7.51. The summed E-state index contributed by atoms with van der Waals surface area (Å²) in [5, 5.41) is 24.9. The lowest BCUT2D eigenvalue weighted by atomic mass is 9.82. The van der Waals surface area contributed by atoms with Crippen LogP contribution in [0, 0.1) is 17.2 Å². The first-order valence-corrected chi connectivity index (χ1v) is 10.9. The van der Waals surface area contributed by atoms with E-state index in [-0.39, 0.29) is 6.04 Å². The van der Waals surface area contributed by atoms with Crippen LogP contribution in [-0.4, -0.2) is 30.0 Å². The highest BCUT2D eigenvalue weighted by Gasteiger charge is 2.35. The number of aryl methyl sites for hydroxylation is 1. The van der Waals surface area contributed by atoms with Crippen LogP contribution < -0.4 is 10.6 Å². The minimum atomic E-state index is 0.169. The van der Waals surface area contributed by atoms with Crippen molar-refractivity contribution in [2.75, 3.05) is 25.1 Å². The lowest BCUT2D eigenvalue weighted by Gasteiger charge is -2.35. The maximum atomic E-state index is 9.36. The molecule has 28 heavy (non-hydrogen) atoms. The second-order valence-corrected chi connectivity index (χ2v) is 8.82. The molecule has 1 aromatic carbocycles. The van der Waals surface area contributed by atoms with E-state index in [0.29, 0.717) is 17.5 Å². The van der Waals surface area contributed by atoms with Crippen LogP contribution in [-0.2, 0) is 17.6 Å². The topological polar surface area (TPSA) is 85.8 Å². The highest BCUT2D eigenvalue weighted by molar-refractivity contribution is 9.10. The number of nitriles is 1.